The van der Waals surface area contributed by atoms with E-state index in [0.29, 0.717) is 21.3 Å². The number of benzene rings is 2. The summed E-state index contributed by atoms with van der Waals surface area (Å²) in [4.78, 5) is 27.7. The topological polar surface area (TPSA) is 86.8 Å². The smallest absolute Gasteiger partial charge is 0.242 e. The minimum absolute atomic E-state index is 0.0426. The third kappa shape index (κ3) is 8.39. The third-order valence-electron chi connectivity index (χ3n) is 6.03. The molecule has 0 fully saturated rings. The van der Waals surface area contributed by atoms with Crippen LogP contribution in [-0.2, 0) is 26.2 Å². The maximum absolute atomic E-state index is 13.4. The van der Waals surface area contributed by atoms with E-state index in [2.05, 4.69) is 5.32 Å². The van der Waals surface area contributed by atoms with E-state index in [1.165, 1.54) is 9.21 Å². The number of sulfonamides is 1. The van der Waals surface area contributed by atoms with Crippen molar-refractivity contribution in [2.24, 2.45) is 0 Å². The number of carbonyl (C=O) groups is 2. The molecule has 2 rings (SSSR count). The predicted octanol–water partition coefficient (Wildman–Crippen LogP) is 5.18. The number of hydrogen-bond acceptors (Lipinski definition) is 4. The summed E-state index contributed by atoms with van der Waals surface area (Å²) < 4.78 is 26.1. The van der Waals surface area contributed by atoms with Gasteiger partial charge in [0.25, 0.3) is 0 Å². The fourth-order valence-corrected chi connectivity index (χ4v) is 5.10. The maximum Gasteiger partial charge on any atom is 0.242 e. The minimum Gasteiger partial charge on any atom is -0.352 e. The van der Waals surface area contributed by atoms with Crippen molar-refractivity contribution >= 4 is 50.7 Å². The molecule has 0 heterocycles. The first-order chi connectivity index (χ1) is 16.8. The summed E-state index contributed by atoms with van der Waals surface area (Å²) in [6.07, 6.45) is 2.21. The van der Waals surface area contributed by atoms with Crippen molar-refractivity contribution in [1.82, 2.24) is 10.2 Å². The predicted molar refractivity (Wildman–Crippen MR) is 147 cm³/mol. The zero-order valence-electron chi connectivity index (χ0n) is 21.4. The van der Waals surface area contributed by atoms with Gasteiger partial charge in [0, 0.05) is 41.2 Å². The number of rotatable bonds is 12. The van der Waals surface area contributed by atoms with E-state index in [4.69, 9.17) is 23.2 Å². The number of hydrogen-bond donors (Lipinski definition) is 1. The van der Waals surface area contributed by atoms with Gasteiger partial charge in [0.05, 0.1) is 11.9 Å². The molecule has 0 aliphatic carbocycles. The number of aryl methyl sites for hydroxylation is 1. The molecule has 0 unspecified atom stereocenters. The molecule has 0 aromatic heterocycles. The molecule has 2 aromatic rings. The second-order valence-electron chi connectivity index (χ2n) is 8.99. The van der Waals surface area contributed by atoms with E-state index in [1.807, 2.05) is 32.9 Å². The first kappa shape index (κ1) is 29.9. The fourth-order valence-electron chi connectivity index (χ4n) is 3.62. The first-order valence-corrected chi connectivity index (χ1v) is 14.5. The van der Waals surface area contributed by atoms with Gasteiger partial charge >= 0.3 is 0 Å². The molecule has 0 saturated carbocycles. The second-order valence-corrected chi connectivity index (χ2v) is 11.7. The Morgan fingerprint density at radius 1 is 1.03 bits per heavy atom. The molecule has 198 valence electrons. The normalized spacial score (nSPS) is 13.1. The number of nitrogens with zero attached hydrogens (tertiary/aromatic N) is 2. The second kappa shape index (κ2) is 13.3. The Morgan fingerprint density at radius 2 is 1.61 bits per heavy atom. The SMILES string of the molecule is CC[C@@H](C)NC(=O)[C@@H](C)N(Cc1c(Cl)cccc1Cl)C(=O)CCCN(c1ccc(C)cc1)S(C)(=O)=O. The highest BCUT2D eigenvalue weighted by Gasteiger charge is 2.28. The van der Waals surface area contributed by atoms with Crippen molar-refractivity contribution in [2.45, 2.75) is 65.6 Å². The van der Waals surface area contributed by atoms with E-state index >= 15 is 0 Å². The summed E-state index contributed by atoms with van der Waals surface area (Å²) in [5, 5.41) is 3.71. The number of carbonyl (C=O) groups excluding carboxylic acids is 2. The lowest BCUT2D eigenvalue weighted by Crippen LogP contribution is -2.49. The molecule has 0 spiro atoms. The summed E-state index contributed by atoms with van der Waals surface area (Å²) >= 11 is 12.7. The zero-order valence-corrected chi connectivity index (χ0v) is 23.8. The molecule has 0 radical (unpaired) electrons. The average Bonchev–Trinajstić information content (AvgIpc) is 2.81. The fraction of sp³-hybridized carbons (Fsp3) is 0.462. The molecular weight excluding hydrogens is 521 g/mol. The number of nitrogens with one attached hydrogen (secondary N) is 1. The lowest BCUT2D eigenvalue weighted by Gasteiger charge is -2.30. The number of amides is 2. The number of anilines is 1. The highest BCUT2D eigenvalue weighted by atomic mass is 35.5. The van der Waals surface area contributed by atoms with Crippen LogP contribution in [0.25, 0.3) is 0 Å². The van der Waals surface area contributed by atoms with Crippen LogP contribution in [0.5, 0.6) is 0 Å². The Labute approximate surface area is 224 Å². The molecule has 1 N–H and O–H groups in total. The van der Waals surface area contributed by atoms with Crippen molar-refractivity contribution < 1.29 is 18.0 Å². The largest absolute Gasteiger partial charge is 0.352 e. The summed E-state index contributed by atoms with van der Waals surface area (Å²) in [6.45, 7) is 7.62. The van der Waals surface area contributed by atoms with Crippen molar-refractivity contribution in [2.75, 3.05) is 17.1 Å². The van der Waals surface area contributed by atoms with Crippen LogP contribution in [0.2, 0.25) is 10.0 Å². The molecular formula is C26H35Cl2N3O4S. The Bertz CT molecular complexity index is 1140. The summed E-state index contributed by atoms with van der Waals surface area (Å²) in [5.74, 6) is -0.576. The van der Waals surface area contributed by atoms with E-state index in [9.17, 15) is 18.0 Å². The molecule has 7 nitrogen and oxygen atoms in total. The van der Waals surface area contributed by atoms with Crippen molar-refractivity contribution in [3.63, 3.8) is 0 Å². The van der Waals surface area contributed by atoms with Gasteiger partial charge in [-0.25, -0.2) is 8.42 Å². The van der Waals surface area contributed by atoms with Gasteiger partial charge in [-0.2, -0.15) is 0 Å². The van der Waals surface area contributed by atoms with Crippen LogP contribution in [0.4, 0.5) is 5.69 Å². The molecule has 36 heavy (non-hydrogen) atoms. The van der Waals surface area contributed by atoms with Crippen LogP contribution in [0, 0.1) is 6.92 Å². The molecule has 0 aliphatic heterocycles. The molecule has 2 atom stereocenters. The standard InChI is InChI=1S/C26H35Cl2N3O4S/c1-6-19(3)29-26(33)20(4)30(17-22-23(27)9-7-10-24(22)28)25(32)11-8-16-31(36(5,34)35)21-14-12-18(2)13-15-21/h7,9-10,12-15,19-20H,6,8,11,16-17H2,1-5H3,(H,29,33)/t19-,20-/m1/s1. The third-order valence-corrected chi connectivity index (χ3v) is 7.93. The minimum atomic E-state index is -3.55. The van der Waals surface area contributed by atoms with Gasteiger partial charge in [-0.05, 0) is 57.9 Å². The van der Waals surface area contributed by atoms with E-state index in [1.54, 1.807) is 37.3 Å². The Morgan fingerprint density at radius 3 is 2.14 bits per heavy atom. The Kier molecular flexibility index (Phi) is 11.1. The zero-order chi connectivity index (χ0) is 27.0. The molecule has 2 aromatic carbocycles. The van der Waals surface area contributed by atoms with Crippen LogP contribution in [0.15, 0.2) is 42.5 Å². The van der Waals surface area contributed by atoms with Crippen LogP contribution in [0.1, 0.15) is 51.2 Å². The summed E-state index contributed by atoms with van der Waals surface area (Å²) in [6, 6.07) is 11.4. The molecule has 0 bridgehead atoms. The van der Waals surface area contributed by atoms with Crippen LogP contribution >= 0.6 is 23.2 Å². The van der Waals surface area contributed by atoms with Gasteiger partial charge in [0.1, 0.15) is 6.04 Å². The average molecular weight is 557 g/mol. The van der Waals surface area contributed by atoms with Gasteiger partial charge < -0.3 is 10.2 Å². The highest BCUT2D eigenvalue weighted by molar-refractivity contribution is 7.92. The summed E-state index contributed by atoms with van der Waals surface area (Å²) in [5.41, 5.74) is 2.10. The van der Waals surface area contributed by atoms with Crippen molar-refractivity contribution in [3.8, 4) is 0 Å². The number of halogens is 2. The lowest BCUT2D eigenvalue weighted by atomic mass is 10.1. The van der Waals surface area contributed by atoms with Gasteiger partial charge in [-0.15, -0.1) is 0 Å². The highest BCUT2D eigenvalue weighted by Crippen LogP contribution is 2.27. The van der Waals surface area contributed by atoms with Crippen molar-refractivity contribution in [3.05, 3.63) is 63.6 Å². The quantitative estimate of drug-likeness (QED) is 0.391. The van der Waals surface area contributed by atoms with Crippen LogP contribution < -0.4 is 9.62 Å². The van der Waals surface area contributed by atoms with E-state index < -0.39 is 16.1 Å². The molecule has 10 heteroatoms. The van der Waals surface area contributed by atoms with E-state index in [-0.39, 0.29) is 43.8 Å². The van der Waals surface area contributed by atoms with E-state index in [0.717, 1.165) is 18.2 Å². The Balaban J connectivity index is 2.22. The molecule has 0 aliphatic rings. The maximum atomic E-state index is 13.4. The van der Waals surface area contributed by atoms with Crippen LogP contribution in [0.3, 0.4) is 0 Å². The van der Waals surface area contributed by atoms with Crippen molar-refractivity contribution in [1.29, 1.82) is 0 Å². The first-order valence-electron chi connectivity index (χ1n) is 11.9. The summed E-state index contributed by atoms with van der Waals surface area (Å²) in [7, 11) is -3.55. The molecule has 2 amide bonds. The lowest BCUT2D eigenvalue weighted by molar-refractivity contribution is -0.140. The van der Waals surface area contributed by atoms with Gasteiger partial charge in [-0.1, -0.05) is 53.9 Å². The molecule has 0 saturated heterocycles. The monoisotopic (exact) mass is 555 g/mol. The van der Waals surface area contributed by atoms with Gasteiger partial charge in [0.2, 0.25) is 21.8 Å². The van der Waals surface area contributed by atoms with Gasteiger partial charge in [-0.3, -0.25) is 13.9 Å². The Hall–Kier alpha value is -2.29. The van der Waals surface area contributed by atoms with Crippen LogP contribution in [-0.4, -0.2) is 50.0 Å². The van der Waals surface area contributed by atoms with Gasteiger partial charge in [0.15, 0.2) is 0 Å².